The third-order valence-corrected chi connectivity index (χ3v) is 6.68. The van der Waals surface area contributed by atoms with Crippen LogP contribution in [-0.4, -0.2) is 9.97 Å². The lowest BCUT2D eigenvalue weighted by molar-refractivity contribution is 0.630. The third kappa shape index (κ3) is 2.10. The van der Waals surface area contributed by atoms with Crippen LogP contribution in [0, 0.1) is 5.82 Å². The summed E-state index contributed by atoms with van der Waals surface area (Å²) >= 11 is 8.02. The number of H-pyrrole nitrogens is 1. The van der Waals surface area contributed by atoms with Crippen LogP contribution in [0.3, 0.4) is 0 Å². The summed E-state index contributed by atoms with van der Waals surface area (Å²) in [5.74, 6) is 0.0663. The number of halogens is 2. The van der Waals surface area contributed by atoms with E-state index in [0.717, 1.165) is 26.5 Å². The van der Waals surface area contributed by atoms with Crippen molar-refractivity contribution < 1.29 is 4.39 Å². The normalized spacial score (nSPS) is 11.9. The van der Waals surface area contributed by atoms with Crippen LogP contribution in [0.5, 0.6) is 0 Å². The lowest BCUT2D eigenvalue weighted by Crippen LogP contribution is -1.87. The van der Waals surface area contributed by atoms with E-state index in [1.807, 2.05) is 12.1 Å². The smallest absolute Gasteiger partial charge is 0.143 e. The lowest BCUT2D eigenvalue weighted by Gasteiger charge is -2.02. The number of imidazole rings is 1. The van der Waals surface area contributed by atoms with E-state index in [-0.39, 0.29) is 5.82 Å². The third-order valence-electron chi connectivity index (χ3n) is 5.18. The highest BCUT2D eigenvalue weighted by atomic mass is 35.5. The number of fused-ring (bicyclic) bond motifs is 8. The number of benzene rings is 4. The molecular formula is C23H12ClFN2S. The molecule has 0 aliphatic carbocycles. The zero-order valence-electron chi connectivity index (χ0n) is 14.5. The van der Waals surface area contributed by atoms with Crippen molar-refractivity contribution in [2.75, 3.05) is 0 Å². The second kappa shape index (κ2) is 5.77. The van der Waals surface area contributed by atoms with Crippen molar-refractivity contribution in [3.63, 3.8) is 0 Å². The van der Waals surface area contributed by atoms with E-state index in [0.29, 0.717) is 16.4 Å². The molecule has 0 fully saturated rings. The molecule has 0 unspecified atom stereocenters. The van der Waals surface area contributed by atoms with E-state index in [9.17, 15) is 4.39 Å². The molecule has 1 N–H and O–H groups in total. The van der Waals surface area contributed by atoms with Gasteiger partial charge in [0.25, 0.3) is 0 Å². The molecule has 5 heteroatoms. The molecule has 6 aromatic rings. The molecule has 28 heavy (non-hydrogen) atoms. The first-order valence-electron chi connectivity index (χ1n) is 8.88. The molecule has 0 bridgehead atoms. The van der Waals surface area contributed by atoms with Gasteiger partial charge in [-0.1, -0.05) is 60.1 Å². The Morgan fingerprint density at radius 2 is 1.61 bits per heavy atom. The molecule has 2 nitrogen and oxygen atoms in total. The fraction of sp³-hybridized carbons (Fsp3) is 0. The van der Waals surface area contributed by atoms with Crippen molar-refractivity contribution in [2.24, 2.45) is 0 Å². The van der Waals surface area contributed by atoms with Crippen molar-refractivity contribution in [3.8, 4) is 11.4 Å². The average Bonchev–Trinajstić information content (AvgIpc) is 3.30. The van der Waals surface area contributed by atoms with Gasteiger partial charge in [0.05, 0.1) is 26.3 Å². The highest BCUT2D eigenvalue weighted by molar-refractivity contribution is 7.26. The Morgan fingerprint density at radius 3 is 2.43 bits per heavy atom. The molecule has 0 saturated heterocycles. The van der Waals surface area contributed by atoms with Gasteiger partial charge in [0, 0.05) is 20.9 Å². The molecule has 4 aromatic carbocycles. The number of rotatable bonds is 1. The van der Waals surface area contributed by atoms with E-state index in [4.69, 9.17) is 16.6 Å². The van der Waals surface area contributed by atoms with Crippen LogP contribution in [0.1, 0.15) is 0 Å². The molecule has 0 aliphatic heterocycles. The molecule has 2 aromatic heterocycles. The Balaban J connectivity index is 1.85. The molecular weight excluding hydrogens is 391 g/mol. The van der Waals surface area contributed by atoms with Crippen molar-refractivity contribution in [1.29, 1.82) is 0 Å². The van der Waals surface area contributed by atoms with Gasteiger partial charge in [-0.15, -0.1) is 11.3 Å². The molecule has 0 spiro atoms. The van der Waals surface area contributed by atoms with Crippen LogP contribution in [0.4, 0.5) is 4.39 Å². The number of hydrogen-bond donors (Lipinski definition) is 1. The van der Waals surface area contributed by atoms with Gasteiger partial charge in [-0.2, -0.15) is 0 Å². The van der Waals surface area contributed by atoms with Gasteiger partial charge in [-0.05, 0) is 23.6 Å². The molecule has 134 valence electrons. The Labute approximate surface area is 168 Å². The first-order valence-corrected chi connectivity index (χ1v) is 10.1. The van der Waals surface area contributed by atoms with Gasteiger partial charge in [-0.3, -0.25) is 0 Å². The highest BCUT2D eigenvalue weighted by Gasteiger charge is 2.19. The molecule has 0 atom stereocenters. The van der Waals surface area contributed by atoms with Crippen molar-refractivity contribution in [3.05, 3.63) is 77.6 Å². The minimum Gasteiger partial charge on any atom is -0.337 e. The maximum atomic E-state index is 14.5. The van der Waals surface area contributed by atoms with Crippen LogP contribution in [0.2, 0.25) is 5.02 Å². The fourth-order valence-corrected chi connectivity index (χ4v) is 5.44. The predicted molar refractivity (Wildman–Crippen MR) is 117 cm³/mol. The zero-order chi connectivity index (χ0) is 18.8. The van der Waals surface area contributed by atoms with Crippen molar-refractivity contribution in [2.45, 2.75) is 0 Å². The Hall–Kier alpha value is -2.95. The van der Waals surface area contributed by atoms with Crippen LogP contribution >= 0.6 is 22.9 Å². The van der Waals surface area contributed by atoms with Gasteiger partial charge < -0.3 is 4.98 Å². The van der Waals surface area contributed by atoms with Gasteiger partial charge >= 0.3 is 0 Å². The minimum absolute atomic E-state index is 0.304. The second-order valence-electron chi connectivity index (χ2n) is 6.75. The molecule has 0 aliphatic rings. The predicted octanol–water partition coefficient (Wildman–Crippen LogP) is 7.54. The summed E-state index contributed by atoms with van der Waals surface area (Å²) in [5.41, 5.74) is 2.06. The monoisotopic (exact) mass is 402 g/mol. The summed E-state index contributed by atoms with van der Waals surface area (Å²) in [6, 6.07) is 21.3. The van der Waals surface area contributed by atoms with E-state index in [1.165, 1.54) is 21.5 Å². The standard InChI is InChI=1S/C23H12ClFN2S/c24-15-9-5-10-16(25)19(15)23-26-20-13-7-2-1-6-12(13)18-14-8-3-4-11-17(14)28-22(18)21(20)27-23/h1-11H,(H,26,27). The summed E-state index contributed by atoms with van der Waals surface area (Å²) in [7, 11) is 0. The summed E-state index contributed by atoms with van der Waals surface area (Å²) in [6.07, 6.45) is 0. The van der Waals surface area contributed by atoms with Crippen molar-refractivity contribution in [1.82, 2.24) is 9.97 Å². The van der Waals surface area contributed by atoms with Crippen LogP contribution < -0.4 is 0 Å². The maximum Gasteiger partial charge on any atom is 0.143 e. The molecule has 6 rings (SSSR count). The number of hydrogen-bond acceptors (Lipinski definition) is 2. The lowest BCUT2D eigenvalue weighted by atomic mass is 10.0. The summed E-state index contributed by atoms with van der Waals surface area (Å²) in [5, 5.41) is 4.97. The van der Waals surface area contributed by atoms with E-state index < -0.39 is 0 Å². The number of nitrogens with zero attached hydrogens (tertiary/aromatic N) is 1. The van der Waals surface area contributed by atoms with Crippen LogP contribution in [0.25, 0.3) is 53.4 Å². The Morgan fingerprint density at radius 1 is 0.857 bits per heavy atom. The van der Waals surface area contributed by atoms with Gasteiger partial charge in [-0.25, -0.2) is 9.37 Å². The second-order valence-corrected chi connectivity index (χ2v) is 8.21. The Bertz CT molecular complexity index is 1530. The quantitative estimate of drug-likeness (QED) is 0.302. The maximum absolute atomic E-state index is 14.5. The Kier molecular flexibility index (Phi) is 3.31. The SMILES string of the molecule is Fc1cccc(Cl)c1-c1nc2c3ccccc3c3c4ccccc4sc3c2[nH]1. The topological polar surface area (TPSA) is 28.7 Å². The summed E-state index contributed by atoms with van der Waals surface area (Å²) < 4.78 is 16.9. The van der Waals surface area contributed by atoms with Gasteiger partial charge in [0.2, 0.25) is 0 Å². The molecule has 0 radical (unpaired) electrons. The van der Waals surface area contributed by atoms with Gasteiger partial charge in [0.15, 0.2) is 0 Å². The number of nitrogens with one attached hydrogen (secondary N) is 1. The first kappa shape index (κ1) is 16.0. The molecule has 2 heterocycles. The number of aromatic nitrogens is 2. The zero-order valence-corrected chi connectivity index (χ0v) is 16.0. The van der Waals surface area contributed by atoms with Crippen LogP contribution in [0.15, 0.2) is 66.7 Å². The molecule has 0 saturated carbocycles. The van der Waals surface area contributed by atoms with E-state index in [1.54, 1.807) is 23.5 Å². The number of aromatic amines is 1. The summed E-state index contributed by atoms with van der Waals surface area (Å²) in [6.45, 7) is 0. The van der Waals surface area contributed by atoms with E-state index >= 15 is 0 Å². The fourth-order valence-electron chi connectivity index (χ4n) is 3.97. The number of thiophene rings is 1. The summed E-state index contributed by atoms with van der Waals surface area (Å²) in [4.78, 5) is 8.14. The van der Waals surface area contributed by atoms with Crippen LogP contribution in [-0.2, 0) is 0 Å². The molecule has 0 amide bonds. The first-order chi connectivity index (χ1) is 13.7. The largest absolute Gasteiger partial charge is 0.337 e. The van der Waals surface area contributed by atoms with Gasteiger partial charge in [0.1, 0.15) is 11.6 Å². The van der Waals surface area contributed by atoms with E-state index in [2.05, 4.69) is 41.4 Å². The van der Waals surface area contributed by atoms with Crippen molar-refractivity contribution >= 4 is 64.9 Å². The average molecular weight is 403 g/mol. The minimum atomic E-state index is -0.386. The highest BCUT2D eigenvalue weighted by Crippen LogP contribution is 2.44.